The van der Waals surface area contributed by atoms with Crippen LogP contribution in [-0.2, 0) is 6.18 Å². The van der Waals surface area contributed by atoms with Crippen LogP contribution in [0.15, 0.2) is 73.2 Å². The van der Waals surface area contributed by atoms with Crippen LogP contribution in [0.2, 0.25) is 5.02 Å². The average Bonchev–Trinajstić information content (AvgIpc) is 3.26. The van der Waals surface area contributed by atoms with Crippen LogP contribution in [0.4, 0.5) is 29.3 Å². The van der Waals surface area contributed by atoms with E-state index in [2.05, 4.69) is 15.6 Å². The Balaban J connectivity index is 1.59. The first-order valence-corrected chi connectivity index (χ1v) is 11.0. The van der Waals surface area contributed by atoms with Gasteiger partial charge in [-0.3, -0.25) is 9.67 Å². The van der Waals surface area contributed by atoms with Gasteiger partial charge >= 0.3 is 12.2 Å². The minimum absolute atomic E-state index is 0.0361. The van der Waals surface area contributed by atoms with Gasteiger partial charge in [-0.25, -0.2) is 4.79 Å². The van der Waals surface area contributed by atoms with Crippen molar-refractivity contribution in [2.24, 2.45) is 0 Å². The number of halogens is 4. The van der Waals surface area contributed by atoms with E-state index in [0.717, 1.165) is 34.5 Å². The molecule has 6 nitrogen and oxygen atoms in total. The Hall–Kier alpha value is -3.85. The monoisotopic (exact) mass is 499 g/mol. The molecule has 0 fully saturated rings. The topological polar surface area (TPSA) is 71.8 Å². The Kier molecular flexibility index (Phi) is 6.79. The van der Waals surface area contributed by atoms with E-state index in [9.17, 15) is 18.0 Å². The summed E-state index contributed by atoms with van der Waals surface area (Å²) in [6.07, 6.45) is 0.733. The van der Waals surface area contributed by atoms with Crippen LogP contribution in [0.5, 0.6) is 0 Å². The van der Waals surface area contributed by atoms with E-state index in [-0.39, 0.29) is 11.7 Å². The third-order valence-corrected chi connectivity index (χ3v) is 5.51. The molecule has 2 heterocycles. The summed E-state index contributed by atoms with van der Waals surface area (Å²) in [5.74, 6) is 0. The Morgan fingerprint density at radius 1 is 0.971 bits per heavy atom. The second-order valence-corrected chi connectivity index (χ2v) is 8.46. The third-order valence-electron chi connectivity index (χ3n) is 5.18. The number of hydrogen-bond acceptors (Lipinski definition) is 3. The number of pyridine rings is 1. The van der Waals surface area contributed by atoms with Crippen LogP contribution >= 0.6 is 11.6 Å². The molecule has 2 aromatic carbocycles. The fourth-order valence-electron chi connectivity index (χ4n) is 3.47. The summed E-state index contributed by atoms with van der Waals surface area (Å²) in [6, 6.07) is 13.5. The number of anilines is 2. The van der Waals surface area contributed by atoms with Crippen molar-refractivity contribution in [3.05, 3.63) is 83.8 Å². The molecule has 0 unspecified atom stereocenters. The minimum atomic E-state index is -4.63. The first kappa shape index (κ1) is 24.3. The quantitative estimate of drug-likeness (QED) is 0.298. The highest BCUT2D eigenvalue weighted by molar-refractivity contribution is 6.31. The number of carbonyl (C=O) groups excluding carboxylic acids is 1. The molecule has 0 bridgehead atoms. The van der Waals surface area contributed by atoms with E-state index in [4.69, 9.17) is 16.7 Å². The zero-order chi connectivity index (χ0) is 25.2. The summed E-state index contributed by atoms with van der Waals surface area (Å²) < 4.78 is 41.2. The lowest BCUT2D eigenvalue weighted by Crippen LogP contribution is -2.20. The van der Waals surface area contributed by atoms with Crippen LogP contribution in [-0.4, -0.2) is 20.8 Å². The van der Waals surface area contributed by atoms with Crippen molar-refractivity contribution < 1.29 is 18.0 Å². The third kappa shape index (κ3) is 5.63. The van der Waals surface area contributed by atoms with E-state index in [0.29, 0.717) is 5.69 Å². The number of alkyl halides is 3. The number of aromatic nitrogens is 3. The van der Waals surface area contributed by atoms with E-state index in [1.807, 2.05) is 42.9 Å². The van der Waals surface area contributed by atoms with E-state index in [1.54, 1.807) is 30.6 Å². The highest BCUT2D eigenvalue weighted by Crippen LogP contribution is 2.36. The number of carbonyl (C=O) groups is 1. The van der Waals surface area contributed by atoms with Crippen molar-refractivity contribution in [2.45, 2.75) is 26.1 Å². The van der Waals surface area contributed by atoms with E-state index >= 15 is 0 Å². The van der Waals surface area contributed by atoms with E-state index in [1.165, 1.54) is 6.07 Å². The lowest BCUT2D eigenvalue weighted by atomic mass is 10.0. The molecule has 0 radical (unpaired) electrons. The number of hydrogen-bond donors (Lipinski definition) is 2. The summed E-state index contributed by atoms with van der Waals surface area (Å²) in [5, 5.41) is 9.36. The van der Waals surface area contributed by atoms with E-state index < -0.39 is 22.8 Å². The first-order chi connectivity index (χ1) is 16.6. The van der Waals surface area contributed by atoms with Gasteiger partial charge in [-0.2, -0.15) is 18.3 Å². The van der Waals surface area contributed by atoms with Gasteiger partial charge in [-0.05, 0) is 61.9 Å². The van der Waals surface area contributed by atoms with Crippen molar-refractivity contribution >= 4 is 29.0 Å². The van der Waals surface area contributed by atoms with Gasteiger partial charge in [0.15, 0.2) is 0 Å². The van der Waals surface area contributed by atoms with Crippen molar-refractivity contribution in [1.29, 1.82) is 0 Å². The summed E-state index contributed by atoms with van der Waals surface area (Å²) in [7, 11) is 0. The first-order valence-electron chi connectivity index (χ1n) is 10.7. The van der Waals surface area contributed by atoms with Gasteiger partial charge in [-0.15, -0.1) is 0 Å². The van der Waals surface area contributed by atoms with Crippen LogP contribution in [0.1, 0.15) is 25.5 Å². The minimum Gasteiger partial charge on any atom is -0.308 e. The summed E-state index contributed by atoms with van der Waals surface area (Å²) in [4.78, 5) is 16.6. The number of nitrogens with zero attached hydrogens (tertiary/aromatic N) is 3. The maximum Gasteiger partial charge on any atom is 0.417 e. The highest BCUT2D eigenvalue weighted by Gasteiger charge is 2.33. The number of benzene rings is 2. The average molecular weight is 500 g/mol. The summed E-state index contributed by atoms with van der Waals surface area (Å²) in [5.41, 5.74) is 2.73. The number of urea groups is 1. The van der Waals surface area contributed by atoms with Crippen LogP contribution in [0, 0.1) is 0 Å². The SMILES string of the molecule is CC(C)n1cc(-c2ccncc2)c(-c2cccc(NC(=O)Nc3ccc(Cl)c(C(F)(F)F)c3)c2)n1. The molecule has 0 atom stereocenters. The number of nitrogens with one attached hydrogen (secondary N) is 2. The molecule has 180 valence electrons. The largest absolute Gasteiger partial charge is 0.417 e. The number of rotatable bonds is 5. The van der Waals surface area contributed by atoms with Crippen molar-refractivity contribution in [1.82, 2.24) is 14.8 Å². The molecule has 0 saturated carbocycles. The fraction of sp³-hybridized carbons (Fsp3) is 0.160. The predicted octanol–water partition coefficient (Wildman–Crippen LogP) is 7.51. The molecule has 35 heavy (non-hydrogen) atoms. The van der Waals surface area contributed by atoms with Gasteiger partial charge in [0.1, 0.15) is 5.69 Å². The maximum atomic E-state index is 13.1. The smallest absolute Gasteiger partial charge is 0.308 e. The molecule has 0 aliphatic heterocycles. The number of amides is 2. The molecule has 10 heteroatoms. The Labute approximate surface area is 204 Å². The standard InChI is InChI=1S/C25H21ClF3N5O/c1-15(2)34-14-20(16-8-10-30-11-9-16)23(33-34)17-4-3-5-18(12-17)31-24(35)32-19-6-7-22(26)21(13-19)25(27,28)29/h3-15H,1-2H3,(H2,31,32,35). The van der Waals surface area contributed by atoms with Crippen molar-refractivity contribution in [2.75, 3.05) is 10.6 Å². The highest BCUT2D eigenvalue weighted by atomic mass is 35.5. The molecule has 0 aliphatic carbocycles. The molecule has 2 aromatic heterocycles. The molecule has 0 spiro atoms. The predicted molar refractivity (Wildman–Crippen MR) is 130 cm³/mol. The van der Waals surface area contributed by atoms with Crippen LogP contribution < -0.4 is 10.6 Å². The van der Waals surface area contributed by atoms with Crippen LogP contribution in [0.25, 0.3) is 22.4 Å². The van der Waals surface area contributed by atoms with Crippen molar-refractivity contribution in [3.8, 4) is 22.4 Å². The Morgan fingerprint density at radius 2 is 1.66 bits per heavy atom. The molecule has 4 rings (SSSR count). The lowest BCUT2D eigenvalue weighted by Gasteiger charge is -2.13. The molecule has 0 aliphatic rings. The normalized spacial score (nSPS) is 11.5. The molecular formula is C25H21ClF3N5O. The zero-order valence-electron chi connectivity index (χ0n) is 18.8. The lowest BCUT2D eigenvalue weighted by molar-refractivity contribution is -0.137. The fourth-order valence-corrected chi connectivity index (χ4v) is 3.69. The molecule has 2 N–H and O–H groups in total. The van der Waals surface area contributed by atoms with Gasteiger partial charge in [0.05, 0.1) is 10.6 Å². The second-order valence-electron chi connectivity index (χ2n) is 8.05. The van der Waals surface area contributed by atoms with Crippen molar-refractivity contribution in [3.63, 3.8) is 0 Å². The molecule has 0 saturated heterocycles. The van der Waals surface area contributed by atoms with Gasteiger partial charge in [0, 0.05) is 47.1 Å². The van der Waals surface area contributed by atoms with Gasteiger partial charge in [-0.1, -0.05) is 23.7 Å². The van der Waals surface area contributed by atoms with Gasteiger partial charge < -0.3 is 10.6 Å². The zero-order valence-corrected chi connectivity index (χ0v) is 19.5. The molecule has 4 aromatic rings. The Bertz CT molecular complexity index is 1350. The van der Waals surface area contributed by atoms with Crippen LogP contribution in [0.3, 0.4) is 0 Å². The molecular weight excluding hydrogens is 479 g/mol. The molecule has 2 amide bonds. The Morgan fingerprint density at radius 3 is 2.31 bits per heavy atom. The summed E-state index contributed by atoms with van der Waals surface area (Å²) >= 11 is 5.64. The van der Waals surface area contributed by atoms with Gasteiger partial charge in [0.2, 0.25) is 0 Å². The second kappa shape index (κ2) is 9.79. The maximum absolute atomic E-state index is 13.1. The van der Waals surface area contributed by atoms with Gasteiger partial charge in [0.25, 0.3) is 0 Å². The summed E-state index contributed by atoms with van der Waals surface area (Å²) in [6.45, 7) is 4.05.